The van der Waals surface area contributed by atoms with E-state index in [-0.39, 0.29) is 11.2 Å². The summed E-state index contributed by atoms with van der Waals surface area (Å²) < 4.78 is 1.97. The molecule has 5 heteroatoms. The summed E-state index contributed by atoms with van der Waals surface area (Å²) in [6, 6.07) is 0.464. The molecule has 1 saturated heterocycles. The van der Waals surface area contributed by atoms with E-state index in [1.54, 1.807) is 12.5 Å². The van der Waals surface area contributed by atoms with Crippen LogP contribution in [0.3, 0.4) is 0 Å². The van der Waals surface area contributed by atoms with Crippen LogP contribution < -0.4 is 11.3 Å². The number of aromatic nitrogens is 2. The summed E-state index contributed by atoms with van der Waals surface area (Å²) in [5.74, 6) is 2.35. The summed E-state index contributed by atoms with van der Waals surface area (Å²) in [4.78, 5) is 14.7. The zero-order chi connectivity index (χ0) is 9.97. The van der Waals surface area contributed by atoms with Gasteiger partial charge in [-0.05, 0) is 24.3 Å². The van der Waals surface area contributed by atoms with Crippen LogP contribution in [0, 0.1) is 0 Å². The number of hydrogen-bond acceptors (Lipinski definition) is 4. The highest BCUT2D eigenvalue weighted by atomic mass is 32.2. The van der Waals surface area contributed by atoms with E-state index in [9.17, 15) is 4.79 Å². The smallest absolute Gasteiger partial charge is 0.295 e. The van der Waals surface area contributed by atoms with Crippen molar-refractivity contribution in [3.05, 3.63) is 22.9 Å². The molecule has 1 fully saturated rings. The van der Waals surface area contributed by atoms with Crippen LogP contribution >= 0.6 is 11.8 Å². The first-order valence-corrected chi connectivity index (χ1v) is 5.84. The zero-order valence-corrected chi connectivity index (χ0v) is 8.67. The SMILES string of the molecule is Nc1cn(C2CCSCC2)cnc1=O. The van der Waals surface area contributed by atoms with E-state index in [1.807, 2.05) is 16.3 Å². The average Bonchev–Trinajstić information content (AvgIpc) is 2.23. The van der Waals surface area contributed by atoms with Crippen molar-refractivity contribution in [1.82, 2.24) is 9.55 Å². The Morgan fingerprint density at radius 3 is 2.86 bits per heavy atom. The largest absolute Gasteiger partial charge is 0.393 e. The number of thioether (sulfide) groups is 1. The Bertz CT molecular complexity index is 371. The van der Waals surface area contributed by atoms with E-state index < -0.39 is 0 Å². The van der Waals surface area contributed by atoms with Gasteiger partial charge < -0.3 is 10.3 Å². The lowest BCUT2D eigenvalue weighted by Gasteiger charge is -2.23. The van der Waals surface area contributed by atoms with Gasteiger partial charge in [0.15, 0.2) is 0 Å². The third kappa shape index (κ3) is 1.92. The summed E-state index contributed by atoms with van der Waals surface area (Å²) in [6.07, 6.45) is 5.57. The molecule has 0 spiro atoms. The molecule has 0 atom stereocenters. The molecular formula is C9H13N3OS. The molecule has 2 heterocycles. The number of nitrogens with two attached hydrogens (primary N) is 1. The summed E-state index contributed by atoms with van der Waals surface area (Å²) in [5, 5.41) is 0. The molecule has 0 amide bonds. The Morgan fingerprint density at radius 2 is 2.21 bits per heavy atom. The van der Waals surface area contributed by atoms with E-state index >= 15 is 0 Å². The first-order chi connectivity index (χ1) is 6.77. The molecule has 0 saturated carbocycles. The zero-order valence-electron chi connectivity index (χ0n) is 7.85. The van der Waals surface area contributed by atoms with Crippen LogP contribution in [0.15, 0.2) is 17.3 Å². The van der Waals surface area contributed by atoms with Crippen molar-refractivity contribution in [3.63, 3.8) is 0 Å². The molecule has 0 aliphatic carbocycles. The minimum atomic E-state index is -0.327. The summed E-state index contributed by atoms with van der Waals surface area (Å²) >= 11 is 1.97. The van der Waals surface area contributed by atoms with Gasteiger partial charge in [-0.3, -0.25) is 4.79 Å². The molecule has 14 heavy (non-hydrogen) atoms. The molecule has 2 rings (SSSR count). The maximum absolute atomic E-state index is 11.0. The van der Waals surface area contributed by atoms with Gasteiger partial charge in [0, 0.05) is 12.2 Å². The van der Waals surface area contributed by atoms with Crippen molar-refractivity contribution >= 4 is 17.4 Å². The minimum absolute atomic E-state index is 0.241. The number of hydrogen-bond donors (Lipinski definition) is 1. The third-order valence-corrected chi connectivity index (χ3v) is 3.50. The van der Waals surface area contributed by atoms with Crippen LogP contribution in [0.5, 0.6) is 0 Å². The van der Waals surface area contributed by atoms with E-state index in [2.05, 4.69) is 4.98 Å². The quantitative estimate of drug-likeness (QED) is 0.749. The topological polar surface area (TPSA) is 60.9 Å². The first kappa shape index (κ1) is 9.58. The summed E-state index contributed by atoms with van der Waals surface area (Å²) in [5.41, 5.74) is 5.44. The number of rotatable bonds is 1. The fourth-order valence-electron chi connectivity index (χ4n) is 1.63. The number of nitrogen functional groups attached to an aromatic ring is 1. The second-order valence-corrected chi connectivity index (χ2v) is 4.65. The summed E-state index contributed by atoms with van der Waals surface area (Å²) in [6.45, 7) is 0. The molecule has 1 aliphatic heterocycles. The van der Waals surface area contributed by atoms with Crippen molar-refractivity contribution in [2.75, 3.05) is 17.2 Å². The van der Waals surface area contributed by atoms with Crippen LogP contribution in [-0.2, 0) is 0 Å². The second-order valence-electron chi connectivity index (χ2n) is 3.42. The Balaban J connectivity index is 2.22. The van der Waals surface area contributed by atoms with Gasteiger partial charge >= 0.3 is 0 Å². The van der Waals surface area contributed by atoms with Crippen LogP contribution in [0.2, 0.25) is 0 Å². The Morgan fingerprint density at radius 1 is 1.50 bits per heavy atom. The van der Waals surface area contributed by atoms with Crippen molar-refractivity contribution in [2.45, 2.75) is 18.9 Å². The highest BCUT2D eigenvalue weighted by molar-refractivity contribution is 7.99. The lowest BCUT2D eigenvalue weighted by Crippen LogP contribution is -2.20. The van der Waals surface area contributed by atoms with Crippen molar-refractivity contribution < 1.29 is 0 Å². The van der Waals surface area contributed by atoms with Gasteiger partial charge in [0.1, 0.15) is 5.69 Å². The second kappa shape index (κ2) is 4.04. The van der Waals surface area contributed by atoms with E-state index in [1.165, 1.54) is 11.5 Å². The van der Waals surface area contributed by atoms with Crippen LogP contribution in [0.1, 0.15) is 18.9 Å². The van der Waals surface area contributed by atoms with E-state index in [4.69, 9.17) is 5.73 Å². The molecule has 1 aliphatic rings. The number of anilines is 1. The average molecular weight is 211 g/mol. The number of nitrogens with zero attached hydrogens (tertiary/aromatic N) is 2. The molecule has 76 valence electrons. The van der Waals surface area contributed by atoms with Gasteiger partial charge in [-0.1, -0.05) is 0 Å². The van der Waals surface area contributed by atoms with Crippen LogP contribution in [0.4, 0.5) is 5.69 Å². The molecule has 4 nitrogen and oxygen atoms in total. The van der Waals surface area contributed by atoms with Crippen molar-refractivity contribution in [1.29, 1.82) is 0 Å². The van der Waals surface area contributed by atoms with Crippen molar-refractivity contribution in [3.8, 4) is 0 Å². The highest BCUT2D eigenvalue weighted by Gasteiger charge is 2.14. The van der Waals surface area contributed by atoms with Crippen molar-refractivity contribution in [2.24, 2.45) is 0 Å². The molecular weight excluding hydrogens is 198 g/mol. The maximum atomic E-state index is 11.0. The minimum Gasteiger partial charge on any atom is -0.393 e. The Kier molecular flexibility index (Phi) is 2.77. The van der Waals surface area contributed by atoms with Gasteiger partial charge in [-0.25, -0.2) is 0 Å². The van der Waals surface area contributed by atoms with Gasteiger partial charge in [0.05, 0.1) is 6.33 Å². The third-order valence-electron chi connectivity index (χ3n) is 2.46. The first-order valence-electron chi connectivity index (χ1n) is 4.68. The maximum Gasteiger partial charge on any atom is 0.295 e. The normalized spacial score (nSPS) is 18.3. The van der Waals surface area contributed by atoms with Gasteiger partial charge in [0.2, 0.25) is 0 Å². The lowest BCUT2D eigenvalue weighted by atomic mass is 10.1. The predicted molar refractivity (Wildman–Crippen MR) is 58.5 cm³/mol. The summed E-state index contributed by atoms with van der Waals surface area (Å²) in [7, 11) is 0. The molecule has 0 aromatic carbocycles. The molecule has 1 aromatic rings. The predicted octanol–water partition coefficient (Wildman–Crippen LogP) is 0.894. The van der Waals surface area contributed by atoms with Gasteiger partial charge in [0.25, 0.3) is 5.56 Å². The molecule has 0 bridgehead atoms. The van der Waals surface area contributed by atoms with Crippen LogP contribution in [-0.4, -0.2) is 21.1 Å². The fourth-order valence-corrected chi connectivity index (χ4v) is 2.71. The van der Waals surface area contributed by atoms with E-state index in [0.717, 1.165) is 12.8 Å². The monoisotopic (exact) mass is 211 g/mol. The molecule has 1 aromatic heterocycles. The van der Waals surface area contributed by atoms with Gasteiger partial charge in [-0.2, -0.15) is 16.7 Å². The standard InChI is InChI=1S/C9H13N3OS/c10-8-5-12(6-11-9(8)13)7-1-3-14-4-2-7/h5-7H,1-4,10H2. The molecule has 0 radical (unpaired) electrons. The Hall–Kier alpha value is -0.970. The van der Waals surface area contributed by atoms with Crippen LogP contribution in [0.25, 0.3) is 0 Å². The van der Waals surface area contributed by atoms with E-state index in [0.29, 0.717) is 6.04 Å². The van der Waals surface area contributed by atoms with Gasteiger partial charge in [-0.15, -0.1) is 0 Å². The Labute approximate surface area is 86.5 Å². The lowest BCUT2D eigenvalue weighted by molar-refractivity contribution is 0.461. The molecule has 0 unspecified atom stereocenters. The highest BCUT2D eigenvalue weighted by Crippen LogP contribution is 2.26. The fraction of sp³-hybridized carbons (Fsp3) is 0.556. The molecule has 2 N–H and O–H groups in total.